The smallest absolute Gasteiger partial charge is 0.0655 e. The van der Waals surface area contributed by atoms with Crippen LogP contribution in [0.2, 0.25) is 0 Å². The minimum Gasteiger partial charge on any atom is -0.378 e. The van der Waals surface area contributed by atoms with E-state index in [-0.39, 0.29) is 5.41 Å². The van der Waals surface area contributed by atoms with E-state index in [4.69, 9.17) is 4.74 Å². The molecule has 1 aromatic rings. The maximum absolute atomic E-state index is 5.78. The fourth-order valence-electron chi connectivity index (χ4n) is 2.80. The summed E-state index contributed by atoms with van der Waals surface area (Å²) in [5.74, 6) is 0. The molecule has 0 amide bonds. The van der Waals surface area contributed by atoms with Crippen LogP contribution in [0.1, 0.15) is 45.7 Å². The van der Waals surface area contributed by atoms with E-state index in [9.17, 15) is 0 Å². The molecular formula is C16H24BrNO. The first-order valence-electron chi connectivity index (χ1n) is 7.08. The number of hydrogen-bond donors (Lipinski definition) is 1. The van der Waals surface area contributed by atoms with Crippen molar-refractivity contribution in [1.29, 1.82) is 0 Å². The van der Waals surface area contributed by atoms with Crippen molar-refractivity contribution >= 4 is 15.9 Å². The van der Waals surface area contributed by atoms with E-state index in [1.54, 1.807) is 0 Å². The molecule has 3 unspecified atom stereocenters. The maximum atomic E-state index is 5.78. The van der Waals surface area contributed by atoms with Gasteiger partial charge in [-0.05, 0) is 38.0 Å². The lowest BCUT2D eigenvalue weighted by atomic mass is 9.64. The van der Waals surface area contributed by atoms with Crippen molar-refractivity contribution in [1.82, 2.24) is 5.32 Å². The fraction of sp³-hybridized carbons (Fsp3) is 0.625. The van der Waals surface area contributed by atoms with E-state index in [0.29, 0.717) is 18.2 Å². The first kappa shape index (κ1) is 15.0. The third-order valence-corrected chi connectivity index (χ3v) is 4.90. The van der Waals surface area contributed by atoms with Crippen LogP contribution in [0.4, 0.5) is 0 Å². The molecule has 0 radical (unpaired) electrons. The molecular weight excluding hydrogens is 302 g/mol. The Balaban J connectivity index is 1.93. The van der Waals surface area contributed by atoms with E-state index >= 15 is 0 Å². The summed E-state index contributed by atoms with van der Waals surface area (Å²) in [4.78, 5) is 0. The van der Waals surface area contributed by atoms with E-state index in [1.807, 2.05) is 0 Å². The monoisotopic (exact) mass is 325 g/mol. The van der Waals surface area contributed by atoms with Crippen molar-refractivity contribution in [3.05, 3.63) is 34.3 Å². The first-order valence-corrected chi connectivity index (χ1v) is 7.87. The van der Waals surface area contributed by atoms with Crippen molar-refractivity contribution in [2.75, 3.05) is 6.61 Å². The van der Waals surface area contributed by atoms with Gasteiger partial charge in [0.15, 0.2) is 0 Å². The number of halogens is 1. The minimum absolute atomic E-state index is 0.222. The van der Waals surface area contributed by atoms with E-state index in [0.717, 1.165) is 17.5 Å². The summed E-state index contributed by atoms with van der Waals surface area (Å²) in [5, 5.41) is 3.74. The first-order chi connectivity index (χ1) is 8.95. The Hall–Kier alpha value is -0.380. The highest BCUT2D eigenvalue weighted by Crippen LogP contribution is 2.43. The zero-order chi connectivity index (χ0) is 14.0. The Bertz CT molecular complexity index is 415. The third-order valence-electron chi connectivity index (χ3n) is 4.37. The molecule has 1 N–H and O–H groups in total. The van der Waals surface area contributed by atoms with Gasteiger partial charge in [0, 0.05) is 28.6 Å². The predicted octanol–water partition coefficient (Wildman–Crippen LogP) is 4.30. The molecule has 106 valence electrons. The van der Waals surface area contributed by atoms with Gasteiger partial charge in [-0.2, -0.15) is 0 Å². The summed E-state index contributed by atoms with van der Waals surface area (Å²) >= 11 is 3.48. The average Bonchev–Trinajstić information content (AvgIpc) is 2.38. The molecule has 3 atom stereocenters. The molecule has 1 aromatic carbocycles. The van der Waals surface area contributed by atoms with Crippen LogP contribution in [0, 0.1) is 5.41 Å². The van der Waals surface area contributed by atoms with Crippen LogP contribution >= 0.6 is 15.9 Å². The van der Waals surface area contributed by atoms with Crippen molar-refractivity contribution in [3.8, 4) is 0 Å². The SMILES string of the molecule is CCOC1CC(NC(C)c2ccc(Br)cc2)C1(C)C. The number of rotatable bonds is 5. The highest BCUT2D eigenvalue weighted by molar-refractivity contribution is 9.10. The van der Waals surface area contributed by atoms with Gasteiger partial charge in [-0.25, -0.2) is 0 Å². The highest BCUT2D eigenvalue weighted by Gasteiger charge is 2.48. The zero-order valence-corrected chi connectivity index (χ0v) is 13.8. The lowest BCUT2D eigenvalue weighted by Crippen LogP contribution is -2.61. The predicted molar refractivity (Wildman–Crippen MR) is 83.3 cm³/mol. The van der Waals surface area contributed by atoms with Gasteiger partial charge in [-0.1, -0.05) is 41.9 Å². The summed E-state index contributed by atoms with van der Waals surface area (Å²) in [6.45, 7) is 9.70. The largest absolute Gasteiger partial charge is 0.378 e. The lowest BCUT2D eigenvalue weighted by molar-refractivity contribution is -0.116. The summed E-state index contributed by atoms with van der Waals surface area (Å²) in [5.41, 5.74) is 1.55. The van der Waals surface area contributed by atoms with Gasteiger partial charge >= 0.3 is 0 Å². The van der Waals surface area contributed by atoms with Crippen LogP contribution in [-0.4, -0.2) is 18.8 Å². The fourth-order valence-corrected chi connectivity index (χ4v) is 3.07. The maximum Gasteiger partial charge on any atom is 0.0655 e. The molecule has 0 saturated heterocycles. The summed E-state index contributed by atoms with van der Waals surface area (Å²) < 4.78 is 6.91. The molecule has 19 heavy (non-hydrogen) atoms. The Kier molecular flexibility index (Phi) is 4.70. The molecule has 1 saturated carbocycles. The van der Waals surface area contributed by atoms with Crippen LogP contribution in [0.25, 0.3) is 0 Å². The topological polar surface area (TPSA) is 21.3 Å². The molecule has 1 aliphatic rings. The van der Waals surface area contributed by atoms with Crippen molar-refractivity contribution in [3.63, 3.8) is 0 Å². The molecule has 2 nitrogen and oxygen atoms in total. The molecule has 0 spiro atoms. The third kappa shape index (κ3) is 3.21. The van der Waals surface area contributed by atoms with Crippen LogP contribution in [-0.2, 0) is 4.74 Å². The number of nitrogens with one attached hydrogen (secondary N) is 1. The molecule has 0 bridgehead atoms. The van der Waals surface area contributed by atoms with Crippen molar-refractivity contribution < 1.29 is 4.74 Å². The van der Waals surface area contributed by atoms with Crippen LogP contribution in [0.15, 0.2) is 28.7 Å². The van der Waals surface area contributed by atoms with Gasteiger partial charge in [0.2, 0.25) is 0 Å². The Morgan fingerprint density at radius 2 is 2.00 bits per heavy atom. The van der Waals surface area contributed by atoms with E-state index < -0.39 is 0 Å². The van der Waals surface area contributed by atoms with Crippen molar-refractivity contribution in [2.24, 2.45) is 5.41 Å². The molecule has 3 heteroatoms. The minimum atomic E-state index is 0.222. The molecule has 0 aliphatic heterocycles. The quantitative estimate of drug-likeness (QED) is 0.871. The number of benzene rings is 1. The second-order valence-electron chi connectivity index (χ2n) is 5.99. The lowest BCUT2D eigenvalue weighted by Gasteiger charge is -2.52. The van der Waals surface area contributed by atoms with E-state index in [1.165, 1.54) is 5.56 Å². The second-order valence-corrected chi connectivity index (χ2v) is 6.91. The van der Waals surface area contributed by atoms with Crippen LogP contribution < -0.4 is 5.32 Å². The number of hydrogen-bond acceptors (Lipinski definition) is 2. The van der Waals surface area contributed by atoms with E-state index in [2.05, 4.69) is 73.2 Å². The molecule has 2 rings (SSSR count). The van der Waals surface area contributed by atoms with Crippen LogP contribution in [0.3, 0.4) is 0 Å². The summed E-state index contributed by atoms with van der Waals surface area (Å²) in [7, 11) is 0. The number of ether oxygens (including phenoxy) is 1. The van der Waals surface area contributed by atoms with Gasteiger partial charge < -0.3 is 10.1 Å². The van der Waals surface area contributed by atoms with Gasteiger partial charge in [-0.15, -0.1) is 0 Å². The summed E-state index contributed by atoms with van der Waals surface area (Å²) in [6.07, 6.45) is 1.51. The van der Waals surface area contributed by atoms with Gasteiger partial charge in [0.25, 0.3) is 0 Å². The normalized spacial score (nSPS) is 26.8. The Morgan fingerprint density at radius 3 is 2.53 bits per heavy atom. The standard InChI is InChI=1S/C16H24BrNO/c1-5-19-15-10-14(16(15,3)4)18-11(2)12-6-8-13(17)9-7-12/h6-9,11,14-15,18H,5,10H2,1-4H3. The summed E-state index contributed by atoms with van der Waals surface area (Å²) in [6, 6.07) is 9.45. The highest BCUT2D eigenvalue weighted by atomic mass is 79.9. The molecule has 1 fully saturated rings. The molecule has 0 heterocycles. The van der Waals surface area contributed by atoms with Gasteiger partial charge in [0.05, 0.1) is 6.10 Å². The van der Waals surface area contributed by atoms with Gasteiger partial charge in [0.1, 0.15) is 0 Å². The Labute approximate surface area is 125 Å². The molecule has 0 aromatic heterocycles. The van der Waals surface area contributed by atoms with Crippen molar-refractivity contribution in [2.45, 2.75) is 52.3 Å². The second kappa shape index (κ2) is 5.94. The van der Waals surface area contributed by atoms with Crippen LogP contribution in [0.5, 0.6) is 0 Å². The Morgan fingerprint density at radius 1 is 1.37 bits per heavy atom. The molecule has 1 aliphatic carbocycles. The average molecular weight is 326 g/mol. The zero-order valence-electron chi connectivity index (χ0n) is 12.2. The van der Waals surface area contributed by atoms with Gasteiger partial charge in [-0.3, -0.25) is 0 Å².